The molecule has 9 heteroatoms. The maximum atomic E-state index is 13.1. The summed E-state index contributed by atoms with van der Waals surface area (Å²) in [6, 6.07) is 0. The van der Waals surface area contributed by atoms with E-state index in [1.807, 2.05) is 6.92 Å². The highest BCUT2D eigenvalue weighted by molar-refractivity contribution is 14.0. The molecule has 0 radical (unpaired) electrons. The van der Waals surface area contributed by atoms with Crippen molar-refractivity contribution in [2.45, 2.75) is 46.3 Å². The molecule has 26 heavy (non-hydrogen) atoms. The lowest BCUT2D eigenvalue weighted by Gasteiger charge is -2.22. The van der Waals surface area contributed by atoms with Crippen molar-refractivity contribution in [3.63, 3.8) is 0 Å². The van der Waals surface area contributed by atoms with E-state index in [4.69, 9.17) is 0 Å². The van der Waals surface area contributed by atoms with Crippen molar-refractivity contribution in [2.75, 3.05) is 19.6 Å². The van der Waals surface area contributed by atoms with E-state index in [9.17, 15) is 13.2 Å². The fourth-order valence-corrected chi connectivity index (χ4v) is 3.36. The predicted molar refractivity (Wildman–Crippen MR) is 108 cm³/mol. The summed E-state index contributed by atoms with van der Waals surface area (Å²) in [5, 5.41) is 6.74. The van der Waals surface area contributed by atoms with Gasteiger partial charge in [0.25, 0.3) is 0 Å². The molecule has 1 fully saturated rings. The van der Waals surface area contributed by atoms with E-state index >= 15 is 0 Å². The molecular weight excluding hydrogens is 458 g/mol. The van der Waals surface area contributed by atoms with Crippen LogP contribution in [0.5, 0.6) is 0 Å². The topological polar surface area (TPSA) is 45.5 Å². The number of rotatable bonds is 5. The van der Waals surface area contributed by atoms with Gasteiger partial charge in [0.05, 0.1) is 6.54 Å². The molecule has 0 amide bonds. The number of hydrogen-bond acceptors (Lipinski definition) is 2. The van der Waals surface area contributed by atoms with Crippen LogP contribution in [0, 0.1) is 11.8 Å². The largest absolute Gasteiger partial charge is 0.435 e. The fourth-order valence-electron chi connectivity index (χ4n) is 3.36. The van der Waals surface area contributed by atoms with Gasteiger partial charge in [0, 0.05) is 38.4 Å². The molecule has 2 heterocycles. The Kier molecular flexibility index (Phi) is 8.68. The number of halogens is 4. The third kappa shape index (κ3) is 6.31. The van der Waals surface area contributed by atoms with Crippen LogP contribution in [0.2, 0.25) is 0 Å². The number of nitrogens with zero attached hydrogens (tertiary/aromatic N) is 4. The second-order valence-electron chi connectivity index (χ2n) is 7.07. The Morgan fingerprint density at radius 1 is 1.42 bits per heavy atom. The smallest absolute Gasteiger partial charge is 0.357 e. The van der Waals surface area contributed by atoms with Crippen molar-refractivity contribution < 1.29 is 13.2 Å². The van der Waals surface area contributed by atoms with Gasteiger partial charge in [-0.3, -0.25) is 4.68 Å². The van der Waals surface area contributed by atoms with Crippen molar-refractivity contribution in [3.8, 4) is 0 Å². The maximum absolute atomic E-state index is 13.1. The summed E-state index contributed by atoms with van der Waals surface area (Å²) in [4.78, 5) is 6.60. The van der Waals surface area contributed by atoms with E-state index in [0.717, 1.165) is 25.9 Å². The zero-order chi connectivity index (χ0) is 18.6. The standard InChI is InChI=1S/C17H28F3N5.HI/c1-5-21-16(25-7-6-13(10-25)8-12(2)3)22-9-14-11-24(4)23-15(14)17(18,19)20;/h11-13H,5-10H2,1-4H3,(H,21,22);1H. The third-order valence-electron chi connectivity index (χ3n) is 4.30. The molecule has 0 aliphatic carbocycles. The number of guanidine groups is 1. The van der Waals surface area contributed by atoms with Crippen molar-refractivity contribution >= 4 is 29.9 Å². The van der Waals surface area contributed by atoms with Gasteiger partial charge in [-0.2, -0.15) is 18.3 Å². The van der Waals surface area contributed by atoms with E-state index in [0.29, 0.717) is 24.3 Å². The van der Waals surface area contributed by atoms with E-state index < -0.39 is 11.9 Å². The van der Waals surface area contributed by atoms with Gasteiger partial charge in [-0.15, -0.1) is 24.0 Å². The molecule has 0 spiro atoms. The van der Waals surface area contributed by atoms with Crippen molar-refractivity contribution in [2.24, 2.45) is 23.9 Å². The van der Waals surface area contributed by atoms with Gasteiger partial charge in [0.1, 0.15) is 0 Å². The summed E-state index contributed by atoms with van der Waals surface area (Å²) in [5.74, 6) is 1.95. The highest BCUT2D eigenvalue weighted by Crippen LogP contribution is 2.31. The van der Waals surface area contributed by atoms with E-state index in [2.05, 4.69) is 34.2 Å². The van der Waals surface area contributed by atoms with Gasteiger partial charge in [-0.05, 0) is 31.6 Å². The molecule has 5 nitrogen and oxygen atoms in total. The first-order valence-electron chi connectivity index (χ1n) is 8.83. The van der Waals surface area contributed by atoms with Crippen LogP contribution in [-0.4, -0.2) is 40.3 Å². The summed E-state index contributed by atoms with van der Waals surface area (Å²) >= 11 is 0. The number of likely N-dealkylation sites (tertiary alicyclic amines) is 1. The summed E-state index contributed by atoms with van der Waals surface area (Å²) in [6.45, 7) is 8.83. The minimum absolute atomic E-state index is 0. The summed E-state index contributed by atoms with van der Waals surface area (Å²) in [6.07, 6.45) is -0.804. The number of alkyl halides is 3. The Hall–Kier alpha value is -1.00. The van der Waals surface area contributed by atoms with E-state index in [1.54, 1.807) is 0 Å². The minimum Gasteiger partial charge on any atom is -0.357 e. The van der Waals surface area contributed by atoms with E-state index in [1.165, 1.54) is 17.9 Å². The third-order valence-corrected chi connectivity index (χ3v) is 4.30. The van der Waals surface area contributed by atoms with Gasteiger partial charge < -0.3 is 10.2 Å². The lowest BCUT2D eigenvalue weighted by Crippen LogP contribution is -2.40. The molecule has 2 rings (SSSR count). The molecule has 1 aliphatic heterocycles. The van der Waals surface area contributed by atoms with Gasteiger partial charge in [-0.25, -0.2) is 4.99 Å². The first kappa shape index (κ1) is 23.0. The predicted octanol–water partition coefficient (Wildman–Crippen LogP) is 3.89. The van der Waals surface area contributed by atoms with E-state index in [-0.39, 0.29) is 36.1 Å². The summed E-state index contributed by atoms with van der Waals surface area (Å²) in [5.41, 5.74) is -0.753. The van der Waals surface area contributed by atoms with Gasteiger partial charge in [0.15, 0.2) is 11.7 Å². The number of aryl methyl sites for hydroxylation is 1. The molecule has 1 saturated heterocycles. The van der Waals surface area contributed by atoms with Gasteiger partial charge in [0.2, 0.25) is 0 Å². The number of nitrogens with one attached hydrogen (secondary N) is 1. The first-order valence-corrected chi connectivity index (χ1v) is 8.83. The van der Waals surface area contributed by atoms with Crippen molar-refractivity contribution in [1.82, 2.24) is 20.0 Å². The van der Waals surface area contributed by atoms with Gasteiger partial charge in [-0.1, -0.05) is 13.8 Å². The SMILES string of the molecule is CCNC(=NCc1cn(C)nc1C(F)(F)F)N1CCC(CC(C)C)C1.I. The molecule has 1 aromatic heterocycles. The highest BCUT2D eigenvalue weighted by atomic mass is 127. The fraction of sp³-hybridized carbons (Fsp3) is 0.765. The second kappa shape index (κ2) is 9.80. The van der Waals surface area contributed by atoms with Gasteiger partial charge >= 0.3 is 6.18 Å². The van der Waals surface area contributed by atoms with Crippen LogP contribution >= 0.6 is 24.0 Å². The lowest BCUT2D eigenvalue weighted by molar-refractivity contribution is -0.142. The van der Waals surface area contributed by atoms with Crippen LogP contribution in [-0.2, 0) is 19.8 Å². The molecule has 1 N–H and O–H groups in total. The average Bonchev–Trinajstić information content (AvgIpc) is 3.09. The zero-order valence-electron chi connectivity index (χ0n) is 15.8. The maximum Gasteiger partial charge on any atom is 0.435 e. The molecule has 150 valence electrons. The minimum atomic E-state index is -4.46. The average molecular weight is 487 g/mol. The number of aliphatic imine (C=N–C) groups is 1. The lowest BCUT2D eigenvalue weighted by atomic mass is 9.97. The Labute approximate surface area is 170 Å². The Balaban J connectivity index is 0.00000338. The molecule has 1 aromatic rings. The molecule has 1 unspecified atom stereocenters. The van der Waals surface area contributed by atoms with Crippen LogP contribution in [0.15, 0.2) is 11.2 Å². The molecule has 1 aliphatic rings. The van der Waals surface area contributed by atoms with Crippen molar-refractivity contribution in [3.05, 3.63) is 17.5 Å². The molecular formula is C17H29F3IN5. The van der Waals surface area contributed by atoms with Crippen LogP contribution in [0.1, 0.15) is 44.9 Å². The Morgan fingerprint density at radius 2 is 2.12 bits per heavy atom. The Morgan fingerprint density at radius 3 is 2.69 bits per heavy atom. The van der Waals surface area contributed by atoms with Crippen LogP contribution in [0.3, 0.4) is 0 Å². The van der Waals surface area contributed by atoms with Crippen LogP contribution < -0.4 is 5.32 Å². The number of hydrogen-bond donors (Lipinski definition) is 1. The zero-order valence-corrected chi connectivity index (χ0v) is 18.1. The summed E-state index contributed by atoms with van der Waals surface area (Å²) < 4.78 is 40.4. The summed E-state index contributed by atoms with van der Waals surface area (Å²) in [7, 11) is 1.49. The number of aromatic nitrogens is 2. The molecule has 1 atom stereocenters. The highest BCUT2D eigenvalue weighted by Gasteiger charge is 2.36. The Bertz CT molecular complexity index is 598. The van der Waals surface area contributed by atoms with Crippen LogP contribution in [0.25, 0.3) is 0 Å². The first-order chi connectivity index (χ1) is 11.7. The molecule has 0 aromatic carbocycles. The molecule has 0 bridgehead atoms. The molecule has 0 saturated carbocycles. The van der Waals surface area contributed by atoms with Crippen LogP contribution in [0.4, 0.5) is 13.2 Å². The quantitative estimate of drug-likeness (QED) is 0.390. The second-order valence-corrected chi connectivity index (χ2v) is 7.07. The monoisotopic (exact) mass is 487 g/mol. The normalized spacial score (nSPS) is 18.4. The van der Waals surface area contributed by atoms with Crippen molar-refractivity contribution in [1.29, 1.82) is 0 Å².